The Hall–Kier alpha value is -2.63. The number of amides is 1. The van der Waals surface area contributed by atoms with Crippen LogP contribution >= 0.6 is 0 Å². The molecule has 0 radical (unpaired) electrons. The lowest BCUT2D eigenvalue weighted by molar-refractivity contribution is -0.136. The normalized spacial score (nSPS) is 10.3. The molecule has 2 aromatic rings. The maximum Gasteiger partial charge on any atom is 0.307 e. The Morgan fingerprint density at radius 2 is 2.14 bits per heavy atom. The first-order chi connectivity index (χ1) is 10.0. The van der Waals surface area contributed by atoms with Crippen LogP contribution in [0.5, 0.6) is 0 Å². The molecule has 0 saturated carbocycles. The Kier molecular flexibility index (Phi) is 4.71. The van der Waals surface area contributed by atoms with Gasteiger partial charge in [0.25, 0.3) is 0 Å². The number of carbonyl (C=O) groups excluding carboxylic acids is 1. The number of rotatable bonds is 6. The van der Waals surface area contributed by atoms with E-state index in [4.69, 9.17) is 5.11 Å². The highest BCUT2D eigenvalue weighted by Crippen LogP contribution is 2.12. The second-order valence-electron chi connectivity index (χ2n) is 4.84. The summed E-state index contributed by atoms with van der Waals surface area (Å²) in [7, 11) is 1.83. The van der Waals surface area contributed by atoms with Crippen molar-refractivity contribution in [3.8, 4) is 0 Å². The van der Waals surface area contributed by atoms with Gasteiger partial charge in [-0.15, -0.1) is 0 Å². The van der Waals surface area contributed by atoms with Crippen molar-refractivity contribution in [1.29, 1.82) is 0 Å². The number of nitrogens with zero attached hydrogens (tertiary/aromatic N) is 2. The van der Waals surface area contributed by atoms with Crippen molar-refractivity contribution in [2.45, 2.75) is 19.3 Å². The Morgan fingerprint density at radius 1 is 1.33 bits per heavy atom. The predicted octanol–water partition coefficient (Wildman–Crippen LogP) is 1.62. The molecule has 0 aliphatic rings. The predicted molar refractivity (Wildman–Crippen MR) is 77.9 cm³/mol. The van der Waals surface area contributed by atoms with Crippen molar-refractivity contribution in [3.63, 3.8) is 0 Å². The number of aryl methyl sites for hydroxylation is 2. The Labute approximate surface area is 122 Å². The molecule has 0 unspecified atom stereocenters. The molecule has 0 fully saturated rings. The van der Waals surface area contributed by atoms with E-state index in [1.807, 2.05) is 13.2 Å². The van der Waals surface area contributed by atoms with Crippen LogP contribution in [0.1, 0.15) is 17.5 Å². The molecule has 1 amide bonds. The Bertz CT molecular complexity index is 649. The first-order valence-corrected chi connectivity index (χ1v) is 6.61. The lowest BCUT2D eigenvalue weighted by atomic mass is 10.1. The summed E-state index contributed by atoms with van der Waals surface area (Å²) in [4.78, 5) is 22.5. The van der Waals surface area contributed by atoms with Crippen LogP contribution in [0.25, 0.3) is 0 Å². The SMILES string of the molecule is Cn1cc(CCC(=O)Nc2cccc(CC(=O)O)c2)cn1. The zero-order valence-corrected chi connectivity index (χ0v) is 11.7. The Balaban J connectivity index is 1.88. The van der Waals surface area contributed by atoms with Gasteiger partial charge in [0.2, 0.25) is 5.91 Å². The molecule has 110 valence electrons. The number of carboxylic acid groups (broad SMARTS) is 1. The van der Waals surface area contributed by atoms with Gasteiger partial charge in [0.15, 0.2) is 0 Å². The van der Waals surface area contributed by atoms with Gasteiger partial charge in [0.1, 0.15) is 0 Å². The van der Waals surface area contributed by atoms with Crippen molar-refractivity contribution in [1.82, 2.24) is 9.78 Å². The number of aromatic nitrogens is 2. The highest BCUT2D eigenvalue weighted by molar-refractivity contribution is 5.91. The van der Waals surface area contributed by atoms with E-state index in [1.165, 1.54) is 0 Å². The van der Waals surface area contributed by atoms with Crippen LogP contribution in [-0.2, 0) is 29.5 Å². The summed E-state index contributed by atoms with van der Waals surface area (Å²) >= 11 is 0. The van der Waals surface area contributed by atoms with Crippen LogP contribution in [-0.4, -0.2) is 26.8 Å². The summed E-state index contributed by atoms with van der Waals surface area (Å²) < 4.78 is 1.70. The molecule has 0 bridgehead atoms. The number of carboxylic acids is 1. The first-order valence-electron chi connectivity index (χ1n) is 6.61. The fraction of sp³-hybridized carbons (Fsp3) is 0.267. The van der Waals surface area contributed by atoms with Crippen molar-refractivity contribution < 1.29 is 14.7 Å². The molecule has 1 aromatic carbocycles. The van der Waals surface area contributed by atoms with E-state index in [9.17, 15) is 9.59 Å². The maximum absolute atomic E-state index is 11.9. The molecule has 6 nitrogen and oxygen atoms in total. The number of anilines is 1. The summed E-state index contributed by atoms with van der Waals surface area (Å²) in [5, 5.41) is 15.6. The van der Waals surface area contributed by atoms with Gasteiger partial charge in [-0.1, -0.05) is 12.1 Å². The molecule has 0 saturated heterocycles. The minimum absolute atomic E-state index is 0.0562. The monoisotopic (exact) mass is 287 g/mol. The Morgan fingerprint density at radius 3 is 2.81 bits per heavy atom. The van der Waals surface area contributed by atoms with E-state index in [-0.39, 0.29) is 12.3 Å². The summed E-state index contributed by atoms with van der Waals surface area (Å²) in [6, 6.07) is 6.87. The quantitative estimate of drug-likeness (QED) is 0.845. The molecule has 0 atom stereocenters. The summed E-state index contributed by atoms with van der Waals surface area (Å²) in [6.07, 6.45) is 4.53. The highest BCUT2D eigenvalue weighted by Gasteiger charge is 2.06. The largest absolute Gasteiger partial charge is 0.481 e. The third-order valence-electron chi connectivity index (χ3n) is 2.97. The van der Waals surface area contributed by atoms with Crippen LogP contribution in [0.3, 0.4) is 0 Å². The molecule has 2 rings (SSSR count). The van der Waals surface area contributed by atoms with E-state index in [0.29, 0.717) is 24.1 Å². The maximum atomic E-state index is 11.9. The zero-order valence-electron chi connectivity index (χ0n) is 11.7. The molecule has 0 aliphatic heterocycles. The van der Waals surface area contributed by atoms with Crippen LogP contribution in [0.4, 0.5) is 5.69 Å². The smallest absolute Gasteiger partial charge is 0.307 e. The first kappa shape index (κ1) is 14.8. The van der Waals surface area contributed by atoms with Gasteiger partial charge >= 0.3 is 5.97 Å². The average molecular weight is 287 g/mol. The standard InChI is InChI=1S/C15H17N3O3/c1-18-10-12(9-16-18)5-6-14(19)17-13-4-2-3-11(7-13)8-15(20)21/h2-4,7,9-10H,5-6,8H2,1H3,(H,17,19)(H,20,21). The van der Waals surface area contributed by atoms with Crippen molar-refractivity contribution in [3.05, 3.63) is 47.8 Å². The van der Waals surface area contributed by atoms with E-state index in [0.717, 1.165) is 5.56 Å². The van der Waals surface area contributed by atoms with E-state index >= 15 is 0 Å². The molecular formula is C15H17N3O3. The summed E-state index contributed by atoms with van der Waals surface area (Å²) in [5.74, 6) is -0.999. The van der Waals surface area contributed by atoms with E-state index < -0.39 is 5.97 Å². The van der Waals surface area contributed by atoms with E-state index in [2.05, 4.69) is 10.4 Å². The molecule has 2 N–H and O–H groups in total. The van der Waals surface area contributed by atoms with Crippen molar-refractivity contribution in [2.24, 2.45) is 7.05 Å². The van der Waals surface area contributed by atoms with E-state index in [1.54, 1.807) is 35.1 Å². The van der Waals surface area contributed by atoms with Crippen LogP contribution in [0, 0.1) is 0 Å². The molecule has 0 aliphatic carbocycles. The molecule has 21 heavy (non-hydrogen) atoms. The van der Waals surface area contributed by atoms with Crippen molar-refractivity contribution >= 4 is 17.6 Å². The van der Waals surface area contributed by atoms with Gasteiger partial charge in [0.05, 0.1) is 12.6 Å². The zero-order chi connectivity index (χ0) is 15.2. The van der Waals surface area contributed by atoms with Gasteiger partial charge in [0, 0.05) is 25.4 Å². The second kappa shape index (κ2) is 6.69. The fourth-order valence-electron chi connectivity index (χ4n) is 2.02. The number of hydrogen-bond acceptors (Lipinski definition) is 3. The number of carbonyl (C=O) groups is 2. The third kappa shape index (κ3) is 4.76. The molecule has 1 aromatic heterocycles. The summed E-state index contributed by atoms with van der Waals surface area (Å²) in [6.45, 7) is 0. The van der Waals surface area contributed by atoms with Gasteiger partial charge < -0.3 is 10.4 Å². The van der Waals surface area contributed by atoms with Gasteiger partial charge in [-0.05, 0) is 29.7 Å². The number of nitrogens with one attached hydrogen (secondary N) is 1. The summed E-state index contributed by atoms with van der Waals surface area (Å²) in [5.41, 5.74) is 2.28. The molecule has 6 heteroatoms. The average Bonchev–Trinajstić information content (AvgIpc) is 2.82. The lowest BCUT2D eigenvalue weighted by Gasteiger charge is -2.06. The minimum atomic E-state index is -0.893. The van der Waals surface area contributed by atoms with Crippen molar-refractivity contribution in [2.75, 3.05) is 5.32 Å². The minimum Gasteiger partial charge on any atom is -0.481 e. The number of aliphatic carboxylic acids is 1. The van der Waals surface area contributed by atoms with Crippen LogP contribution in [0.2, 0.25) is 0 Å². The number of hydrogen-bond donors (Lipinski definition) is 2. The van der Waals surface area contributed by atoms with Gasteiger partial charge in [-0.2, -0.15) is 5.10 Å². The second-order valence-corrected chi connectivity index (χ2v) is 4.84. The molecule has 0 spiro atoms. The molecule has 1 heterocycles. The van der Waals surface area contributed by atoms with Crippen LogP contribution < -0.4 is 5.32 Å². The fourth-order valence-corrected chi connectivity index (χ4v) is 2.02. The molecular weight excluding hydrogens is 270 g/mol. The van der Waals surface area contributed by atoms with Crippen LogP contribution in [0.15, 0.2) is 36.7 Å². The van der Waals surface area contributed by atoms with Gasteiger partial charge in [-0.3, -0.25) is 14.3 Å². The van der Waals surface area contributed by atoms with Gasteiger partial charge in [-0.25, -0.2) is 0 Å². The third-order valence-corrected chi connectivity index (χ3v) is 2.97. The highest BCUT2D eigenvalue weighted by atomic mass is 16.4. The topological polar surface area (TPSA) is 84.2 Å². The number of benzene rings is 1. The lowest BCUT2D eigenvalue weighted by Crippen LogP contribution is -2.12.